The van der Waals surface area contributed by atoms with Crippen molar-refractivity contribution in [2.24, 2.45) is 5.92 Å². The molecule has 3 unspecified atom stereocenters. The highest BCUT2D eigenvalue weighted by molar-refractivity contribution is 5.83. The van der Waals surface area contributed by atoms with Gasteiger partial charge in [0.15, 0.2) is 0 Å². The van der Waals surface area contributed by atoms with E-state index in [2.05, 4.69) is 34.9 Å². The molecule has 1 fully saturated rings. The Balaban J connectivity index is 2.01. The molecule has 21 heavy (non-hydrogen) atoms. The van der Waals surface area contributed by atoms with Gasteiger partial charge in [-0.05, 0) is 26.1 Å². The van der Waals surface area contributed by atoms with Crippen LogP contribution in [0.5, 0.6) is 0 Å². The third-order valence-electron chi connectivity index (χ3n) is 4.24. The Morgan fingerprint density at radius 3 is 2.71 bits per heavy atom. The van der Waals surface area contributed by atoms with Crippen LogP contribution >= 0.6 is 0 Å². The van der Waals surface area contributed by atoms with Crippen LogP contribution in [-0.2, 0) is 4.79 Å². The molecular formula is C16H26N4O. The minimum Gasteiger partial charge on any atom is -0.354 e. The van der Waals surface area contributed by atoms with Crippen LogP contribution in [0.3, 0.4) is 0 Å². The van der Waals surface area contributed by atoms with Crippen LogP contribution in [0.4, 0.5) is 0 Å². The topological polar surface area (TPSA) is 56.4 Å². The van der Waals surface area contributed by atoms with E-state index in [0.29, 0.717) is 18.5 Å². The molecule has 1 aliphatic heterocycles. The van der Waals surface area contributed by atoms with Gasteiger partial charge in [0.1, 0.15) is 6.04 Å². The van der Waals surface area contributed by atoms with E-state index in [1.54, 1.807) is 0 Å². The van der Waals surface area contributed by atoms with Gasteiger partial charge in [0, 0.05) is 25.0 Å². The molecule has 5 heteroatoms. The molecule has 0 aliphatic carbocycles. The molecule has 1 aliphatic rings. The first kappa shape index (κ1) is 15.9. The van der Waals surface area contributed by atoms with Crippen LogP contribution in [-0.4, -0.2) is 43.5 Å². The fraction of sp³-hybridized carbons (Fsp3) is 0.562. The number of nitrogens with zero attached hydrogens (tertiary/aromatic N) is 1. The number of benzene rings is 1. The summed E-state index contributed by atoms with van der Waals surface area (Å²) in [7, 11) is 1.98. The molecule has 0 aromatic heterocycles. The molecule has 0 saturated carbocycles. The number of likely N-dealkylation sites (N-methyl/N-ethyl adjacent to an activating group) is 1. The van der Waals surface area contributed by atoms with Gasteiger partial charge in [-0.25, -0.2) is 0 Å². The minimum absolute atomic E-state index is 0.0738. The smallest absolute Gasteiger partial charge is 0.241 e. The summed E-state index contributed by atoms with van der Waals surface area (Å²) in [6.45, 7) is 6.61. The van der Waals surface area contributed by atoms with Crippen LogP contribution in [0.1, 0.15) is 25.5 Å². The maximum atomic E-state index is 12.6. The zero-order chi connectivity index (χ0) is 15.2. The molecule has 0 spiro atoms. The number of carbonyl (C=O) groups is 1. The standard InChI is InChI=1S/C16H26N4O/c1-4-20(3)15(13-8-6-5-7-9-13)16(21)17-10-14-11-18-19-12(14)2/h5-9,12,14-15,18-19H,4,10-11H2,1-3H3,(H,17,21). The van der Waals surface area contributed by atoms with Gasteiger partial charge in [-0.2, -0.15) is 0 Å². The Morgan fingerprint density at radius 2 is 2.14 bits per heavy atom. The van der Waals surface area contributed by atoms with Crippen molar-refractivity contribution in [3.05, 3.63) is 35.9 Å². The first-order valence-electron chi connectivity index (χ1n) is 7.64. The normalized spacial score (nSPS) is 23.2. The first-order chi connectivity index (χ1) is 10.1. The average Bonchev–Trinajstić information content (AvgIpc) is 2.91. The van der Waals surface area contributed by atoms with E-state index in [9.17, 15) is 4.79 Å². The fourth-order valence-electron chi connectivity index (χ4n) is 2.65. The molecule has 116 valence electrons. The summed E-state index contributed by atoms with van der Waals surface area (Å²) in [5.41, 5.74) is 7.34. The highest BCUT2D eigenvalue weighted by Gasteiger charge is 2.27. The van der Waals surface area contributed by atoms with E-state index < -0.39 is 0 Å². The minimum atomic E-state index is -0.228. The van der Waals surface area contributed by atoms with E-state index in [1.807, 2.05) is 37.4 Å². The van der Waals surface area contributed by atoms with Gasteiger partial charge in [0.2, 0.25) is 5.91 Å². The molecule has 0 radical (unpaired) electrons. The van der Waals surface area contributed by atoms with E-state index in [-0.39, 0.29) is 11.9 Å². The Bertz CT molecular complexity index is 451. The van der Waals surface area contributed by atoms with Gasteiger partial charge in [0.25, 0.3) is 0 Å². The van der Waals surface area contributed by atoms with Crippen molar-refractivity contribution >= 4 is 5.91 Å². The molecule has 3 atom stereocenters. The number of hydrazine groups is 1. The average molecular weight is 290 g/mol. The highest BCUT2D eigenvalue weighted by atomic mass is 16.2. The molecule has 1 aromatic rings. The van der Waals surface area contributed by atoms with Crippen molar-refractivity contribution in [1.82, 2.24) is 21.1 Å². The van der Waals surface area contributed by atoms with Crippen LogP contribution < -0.4 is 16.2 Å². The van der Waals surface area contributed by atoms with Crippen molar-refractivity contribution < 1.29 is 4.79 Å². The molecule has 1 amide bonds. The number of hydrogen-bond acceptors (Lipinski definition) is 4. The van der Waals surface area contributed by atoms with Crippen molar-refractivity contribution in [3.8, 4) is 0 Å². The SMILES string of the molecule is CCN(C)C(C(=O)NCC1CNNC1C)c1ccccc1. The Hall–Kier alpha value is -1.43. The Morgan fingerprint density at radius 1 is 1.43 bits per heavy atom. The molecule has 3 N–H and O–H groups in total. The zero-order valence-corrected chi connectivity index (χ0v) is 13.1. The summed E-state index contributed by atoms with van der Waals surface area (Å²) in [4.78, 5) is 14.7. The lowest BCUT2D eigenvalue weighted by atomic mass is 10.0. The Kier molecular flexibility index (Phi) is 5.73. The van der Waals surface area contributed by atoms with Gasteiger partial charge in [-0.15, -0.1) is 0 Å². The summed E-state index contributed by atoms with van der Waals surface area (Å²) in [6.07, 6.45) is 0. The summed E-state index contributed by atoms with van der Waals surface area (Å²) in [5, 5.41) is 3.11. The monoisotopic (exact) mass is 290 g/mol. The lowest BCUT2D eigenvalue weighted by Crippen LogP contribution is -2.42. The number of rotatable bonds is 6. The van der Waals surface area contributed by atoms with Crippen molar-refractivity contribution in [3.63, 3.8) is 0 Å². The van der Waals surface area contributed by atoms with Crippen molar-refractivity contribution in [1.29, 1.82) is 0 Å². The summed E-state index contributed by atoms with van der Waals surface area (Å²) in [6, 6.07) is 10.1. The summed E-state index contributed by atoms with van der Waals surface area (Å²) in [5.74, 6) is 0.502. The van der Waals surface area contributed by atoms with Gasteiger partial charge in [-0.1, -0.05) is 37.3 Å². The number of hydrogen-bond donors (Lipinski definition) is 3. The number of amides is 1. The second-order valence-electron chi connectivity index (χ2n) is 5.71. The van der Waals surface area contributed by atoms with Crippen LogP contribution in [0.15, 0.2) is 30.3 Å². The molecule has 1 heterocycles. The molecule has 2 rings (SSSR count). The highest BCUT2D eigenvalue weighted by Crippen LogP contribution is 2.19. The van der Waals surface area contributed by atoms with E-state index in [4.69, 9.17) is 0 Å². The zero-order valence-electron chi connectivity index (χ0n) is 13.1. The predicted molar refractivity (Wildman–Crippen MR) is 84.6 cm³/mol. The van der Waals surface area contributed by atoms with Crippen LogP contribution in [0.2, 0.25) is 0 Å². The number of carbonyl (C=O) groups excluding carboxylic acids is 1. The molecule has 0 bridgehead atoms. The molecular weight excluding hydrogens is 264 g/mol. The predicted octanol–water partition coefficient (Wildman–Crippen LogP) is 0.908. The fourth-order valence-corrected chi connectivity index (χ4v) is 2.65. The maximum Gasteiger partial charge on any atom is 0.241 e. The number of nitrogens with one attached hydrogen (secondary N) is 3. The van der Waals surface area contributed by atoms with Crippen LogP contribution in [0, 0.1) is 5.92 Å². The third kappa shape index (κ3) is 4.03. The second kappa shape index (κ2) is 7.54. The van der Waals surface area contributed by atoms with E-state index >= 15 is 0 Å². The molecule has 1 aromatic carbocycles. The lowest BCUT2D eigenvalue weighted by Gasteiger charge is -2.27. The maximum absolute atomic E-state index is 12.6. The van der Waals surface area contributed by atoms with E-state index in [0.717, 1.165) is 18.7 Å². The van der Waals surface area contributed by atoms with Crippen molar-refractivity contribution in [2.75, 3.05) is 26.7 Å². The van der Waals surface area contributed by atoms with Gasteiger partial charge in [-0.3, -0.25) is 20.5 Å². The first-order valence-corrected chi connectivity index (χ1v) is 7.64. The molecule has 1 saturated heterocycles. The largest absolute Gasteiger partial charge is 0.354 e. The van der Waals surface area contributed by atoms with Gasteiger partial charge >= 0.3 is 0 Å². The second-order valence-corrected chi connectivity index (χ2v) is 5.71. The van der Waals surface area contributed by atoms with Gasteiger partial charge in [0.05, 0.1) is 0 Å². The van der Waals surface area contributed by atoms with Crippen LogP contribution in [0.25, 0.3) is 0 Å². The van der Waals surface area contributed by atoms with Gasteiger partial charge < -0.3 is 5.32 Å². The van der Waals surface area contributed by atoms with E-state index in [1.165, 1.54) is 0 Å². The third-order valence-corrected chi connectivity index (χ3v) is 4.24. The molecule has 5 nitrogen and oxygen atoms in total. The Labute approximate surface area is 127 Å². The summed E-state index contributed by atoms with van der Waals surface area (Å²) >= 11 is 0. The quantitative estimate of drug-likeness (QED) is 0.729. The van der Waals surface area contributed by atoms with Crippen molar-refractivity contribution in [2.45, 2.75) is 25.9 Å². The lowest BCUT2D eigenvalue weighted by molar-refractivity contribution is -0.126. The summed E-state index contributed by atoms with van der Waals surface area (Å²) < 4.78 is 0.